The zero-order valence-electron chi connectivity index (χ0n) is 10.1. The van der Waals surface area contributed by atoms with E-state index in [9.17, 15) is 8.42 Å². The van der Waals surface area contributed by atoms with Gasteiger partial charge in [0.2, 0.25) is 0 Å². The summed E-state index contributed by atoms with van der Waals surface area (Å²) < 4.78 is 29.0. The van der Waals surface area contributed by atoms with Crippen LogP contribution in [0.25, 0.3) is 0 Å². The van der Waals surface area contributed by atoms with E-state index >= 15 is 0 Å². The Morgan fingerprint density at radius 2 is 2.28 bits per heavy atom. The minimum atomic E-state index is -3.44. The molecule has 0 bridgehead atoms. The Balaban J connectivity index is 2.39. The van der Waals surface area contributed by atoms with Gasteiger partial charge in [-0.2, -0.15) is 13.1 Å². The smallest absolute Gasteiger partial charge is 0.301 e. The lowest BCUT2D eigenvalue weighted by Crippen LogP contribution is -2.53. The first-order valence-electron chi connectivity index (χ1n) is 5.67. The fourth-order valence-electron chi connectivity index (χ4n) is 1.98. The van der Waals surface area contributed by atoms with Gasteiger partial charge >= 0.3 is 10.2 Å². The largest absolute Gasteiger partial charge is 0.330 e. The van der Waals surface area contributed by atoms with Crippen molar-refractivity contribution < 1.29 is 8.42 Å². The van der Waals surface area contributed by atoms with E-state index in [-0.39, 0.29) is 5.92 Å². The van der Waals surface area contributed by atoms with Crippen LogP contribution in [0.15, 0.2) is 22.7 Å². The highest BCUT2D eigenvalue weighted by Gasteiger charge is 2.31. The maximum Gasteiger partial charge on any atom is 0.301 e. The van der Waals surface area contributed by atoms with Crippen LogP contribution >= 0.6 is 15.9 Å². The number of hydrogen-bond donors (Lipinski definition) is 2. The van der Waals surface area contributed by atoms with Crippen molar-refractivity contribution in [2.75, 3.05) is 23.9 Å². The molecule has 1 atom stereocenters. The van der Waals surface area contributed by atoms with E-state index in [1.54, 1.807) is 6.07 Å². The lowest BCUT2D eigenvalue weighted by molar-refractivity contribution is 0.486. The molecule has 5 nitrogen and oxygen atoms in total. The van der Waals surface area contributed by atoms with Crippen LogP contribution in [0, 0.1) is 12.8 Å². The van der Waals surface area contributed by atoms with Crippen molar-refractivity contribution in [3.05, 3.63) is 28.2 Å². The molecule has 0 aromatic heterocycles. The van der Waals surface area contributed by atoms with Crippen molar-refractivity contribution in [1.29, 1.82) is 0 Å². The zero-order valence-corrected chi connectivity index (χ0v) is 12.5. The van der Waals surface area contributed by atoms with Crippen molar-refractivity contribution in [3.63, 3.8) is 0 Å². The molecular weight excluding hydrogens is 318 g/mol. The third-order valence-corrected chi connectivity index (χ3v) is 4.98. The molecule has 7 heteroatoms. The Labute approximate surface area is 116 Å². The van der Waals surface area contributed by atoms with E-state index in [4.69, 9.17) is 5.73 Å². The highest BCUT2D eigenvalue weighted by molar-refractivity contribution is 9.10. The standard InChI is InChI=1S/C11H16BrN3O2S/c1-8-4-10(12)2-3-11(8)15-7-9(5-13)6-14-18(15,16)17/h2-4,9,14H,5-7,13H2,1H3. The molecule has 1 unspecified atom stereocenters. The monoisotopic (exact) mass is 333 g/mol. The fraction of sp³-hybridized carbons (Fsp3) is 0.455. The molecule has 0 amide bonds. The second-order valence-corrected chi connectivity index (χ2v) is 7.01. The molecular formula is C11H16BrN3O2S. The van der Waals surface area contributed by atoms with Gasteiger partial charge in [-0.15, -0.1) is 0 Å². The number of nitrogens with zero attached hydrogens (tertiary/aromatic N) is 1. The Bertz CT molecular complexity index is 547. The maximum atomic E-state index is 12.0. The third kappa shape index (κ3) is 2.69. The molecule has 0 saturated carbocycles. The molecule has 1 heterocycles. The normalized spacial score (nSPS) is 23.1. The molecule has 0 spiro atoms. The minimum absolute atomic E-state index is 0.136. The van der Waals surface area contributed by atoms with Gasteiger partial charge in [-0.05, 0) is 37.2 Å². The summed E-state index contributed by atoms with van der Waals surface area (Å²) in [4.78, 5) is 0. The molecule has 2 rings (SSSR count). The van der Waals surface area contributed by atoms with Crippen molar-refractivity contribution in [3.8, 4) is 0 Å². The summed E-state index contributed by atoms with van der Waals surface area (Å²) in [5.41, 5.74) is 7.23. The van der Waals surface area contributed by atoms with Gasteiger partial charge in [-0.25, -0.2) is 0 Å². The van der Waals surface area contributed by atoms with Crippen molar-refractivity contribution in [1.82, 2.24) is 4.72 Å². The summed E-state index contributed by atoms with van der Waals surface area (Å²) in [6, 6.07) is 5.54. The van der Waals surface area contributed by atoms with Crippen LogP contribution in [-0.2, 0) is 10.2 Å². The molecule has 1 aliphatic rings. The van der Waals surface area contributed by atoms with E-state index in [0.29, 0.717) is 25.3 Å². The average molecular weight is 334 g/mol. The van der Waals surface area contributed by atoms with Crippen molar-refractivity contribution in [2.24, 2.45) is 11.7 Å². The molecule has 0 aliphatic carbocycles. The summed E-state index contributed by atoms with van der Waals surface area (Å²) in [6.07, 6.45) is 0. The molecule has 100 valence electrons. The van der Waals surface area contributed by atoms with Gasteiger partial charge in [0.1, 0.15) is 0 Å². The summed E-state index contributed by atoms with van der Waals surface area (Å²) >= 11 is 3.37. The number of halogens is 1. The van der Waals surface area contributed by atoms with Crippen LogP contribution in [0.4, 0.5) is 5.69 Å². The first-order chi connectivity index (χ1) is 8.44. The molecule has 0 radical (unpaired) electrons. The second-order valence-electron chi connectivity index (χ2n) is 4.42. The van der Waals surface area contributed by atoms with Crippen molar-refractivity contribution in [2.45, 2.75) is 6.92 Å². The first kappa shape index (κ1) is 13.8. The van der Waals surface area contributed by atoms with Gasteiger partial charge in [-0.1, -0.05) is 15.9 Å². The Morgan fingerprint density at radius 1 is 1.56 bits per heavy atom. The quantitative estimate of drug-likeness (QED) is 0.847. The SMILES string of the molecule is Cc1cc(Br)ccc1N1CC(CN)CNS1(=O)=O. The van der Waals surface area contributed by atoms with E-state index in [2.05, 4.69) is 20.7 Å². The Morgan fingerprint density at radius 3 is 2.89 bits per heavy atom. The van der Waals surface area contributed by atoms with Crippen LogP contribution < -0.4 is 14.8 Å². The van der Waals surface area contributed by atoms with E-state index in [0.717, 1.165) is 10.0 Å². The van der Waals surface area contributed by atoms with Crippen LogP contribution in [0.3, 0.4) is 0 Å². The lowest BCUT2D eigenvalue weighted by atomic mass is 10.1. The molecule has 1 fully saturated rings. The van der Waals surface area contributed by atoms with Gasteiger partial charge in [-0.3, -0.25) is 4.31 Å². The summed E-state index contributed by atoms with van der Waals surface area (Å²) in [5.74, 6) is 0.136. The molecule has 1 aromatic carbocycles. The Kier molecular flexibility index (Phi) is 3.96. The summed E-state index contributed by atoms with van der Waals surface area (Å²) in [7, 11) is -3.44. The van der Waals surface area contributed by atoms with Gasteiger partial charge in [0.25, 0.3) is 0 Å². The summed E-state index contributed by atoms with van der Waals surface area (Å²) in [5, 5.41) is 0. The fourth-order valence-corrected chi connectivity index (χ4v) is 3.93. The zero-order chi connectivity index (χ0) is 13.3. The van der Waals surface area contributed by atoms with Gasteiger partial charge in [0, 0.05) is 23.5 Å². The molecule has 1 aliphatic heterocycles. The highest BCUT2D eigenvalue weighted by Crippen LogP contribution is 2.27. The minimum Gasteiger partial charge on any atom is -0.330 e. The number of benzene rings is 1. The van der Waals surface area contributed by atoms with Gasteiger partial charge < -0.3 is 5.73 Å². The lowest BCUT2D eigenvalue weighted by Gasteiger charge is -2.34. The summed E-state index contributed by atoms with van der Waals surface area (Å²) in [6.45, 7) is 3.19. The predicted octanol–water partition coefficient (Wildman–Crippen LogP) is 0.987. The van der Waals surface area contributed by atoms with Crippen LogP contribution in [0.2, 0.25) is 0 Å². The number of rotatable bonds is 2. The predicted molar refractivity (Wildman–Crippen MR) is 75.7 cm³/mol. The number of nitrogens with two attached hydrogens (primary N) is 1. The van der Waals surface area contributed by atoms with Gasteiger partial charge in [0.15, 0.2) is 0 Å². The topological polar surface area (TPSA) is 75.4 Å². The van der Waals surface area contributed by atoms with E-state index in [1.165, 1.54) is 4.31 Å². The van der Waals surface area contributed by atoms with Gasteiger partial charge in [0.05, 0.1) is 5.69 Å². The first-order valence-corrected chi connectivity index (χ1v) is 7.91. The molecule has 3 N–H and O–H groups in total. The second kappa shape index (κ2) is 5.16. The highest BCUT2D eigenvalue weighted by atomic mass is 79.9. The van der Waals surface area contributed by atoms with Crippen LogP contribution in [-0.4, -0.2) is 28.1 Å². The third-order valence-electron chi connectivity index (χ3n) is 3.03. The number of nitrogens with one attached hydrogen (secondary N) is 1. The number of anilines is 1. The molecule has 1 saturated heterocycles. The Hall–Kier alpha value is -0.630. The molecule has 1 aromatic rings. The van der Waals surface area contributed by atoms with E-state index in [1.807, 2.05) is 19.1 Å². The average Bonchev–Trinajstić information content (AvgIpc) is 2.30. The molecule has 18 heavy (non-hydrogen) atoms. The van der Waals surface area contributed by atoms with Crippen LogP contribution in [0.1, 0.15) is 5.56 Å². The number of aryl methyl sites for hydroxylation is 1. The van der Waals surface area contributed by atoms with E-state index < -0.39 is 10.2 Å². The number of hydrogen-bond acceptors (Lipinski definition) is 3. The van der Waals surface area contributed by atoms with Crippen LogP contribution in [0.5, 0.6) is 0 Å². The van der Waals surface area contributed by atoms with Crippen molar-refractivity contribution >= 4 is 31.8 Å². The maximum absolute atomic E-state index is 12.0.